The fraction of sp³-hybridized carbons (Fsp3) is 0.176. The van der Waals surface area contributed by atoms with E-state index in [1.165, 1.54) is 0 Å². The van der Waals surface area contributed by atoms with Crippen LogP contribution < -0.4 is 5.32 Å². The molecular formula is C17H16N4O3. The third kappa shape index (κ3) is 3.24. The zero-order valence-electron chi connectivity index (χ0n) is 13.0. The number of aliphatic carboxylic acids is 1. The predicted molar refractivity (Wildman–Crippen MR) is 87.5 cm³/mol. The van der Waals surface area contributed by atoms with Crippen LogP contribution >= 0.6 is 0 Å². The van der Waals surface area contributed by atoms with Gasteiger partial charge in [0, 0.05) is 6.20 Å². The molecule has 1 amide bonds. The Kier molecular flexibility index (Phi) is 4.24. The van der Waals surface area contributed by atoms with E-state index in [0.29, 0.717) is 16.9 Å². The van der Waals surface area contributed by atoms with Crippen molar-refractivity contribution in [1.29, 1.82) is 0 Å². The first-order chi connectivity index (χ1) is 11.5. The van der Waals surface area contributed by atoms with Crippen molar-refractivity contribution in [3.8, 4) is 0 Å². The van der Waals surface area contributed by atoms with Gasteiger partial charge in [-0.15, -0.1) is 0 Å². The number of aromatic amines is 1. The summed E-state index contributed by atoms with van der Waals surface area (Å²) >= 11 is 0. The lowest BCUT2D eigenvalue weighted by molar-refractivity contribution is -0.137. The van der Waals surface area contributed by atoms with E-state index >= 15 is 0 Å². The standard InChI is InChI=1S/C17H16N4O3/c1-10-19-15(12-7-8-18-16(12)20-10)17(24)21-13(9-14(22)23)11-5-3-2-4-6-11/h2-8,13H,9H2,1H3,(H,21,24)(H,22,23)(H,18,19,20)/t13-/m0/s1. The second kappa shape index (κ2) is 6.49. The second-order valence-electron chi connectivity index (χ2n) is 5.39. The van der Waals surface area contributed by atoms with Crippen LogP contribution in [0.15, 0.2) is 42.6 Å². The number of carboxylic acid groups (broad SMARTS) is 1. The number of carboxylic acids is 1. The van der Waals surface area contributed by atoms with E-state index in [2.05, 4.69) is 20.3 Å². The minimum absolute atomic E-state index is 0.212. The van der Waals surface area contributed by atoms with Crippen LogP contribution in [0.2, 0.25) is 0 Å². The topological polar surface area (TPSA) is 108 Å². The quantitative estimate of drug-likeness (QED) is 0.667. The molecule has 0 radical (unpaired) electrons. The van der Waals surface area contributed by atoms with E-state index in [0.717, 1.165) is 5.56 Å². The Labute approximate surface area is 137 Å². The van der Waals surface area contributed by atoms with Gasteiger partial charge in [0.25, 0.3) is 5.91 Å². The fourth-order valence-corrected chi connectivity index (χ4v) is 2.56. The van der Waals surface area contributed by atoms with Crippen LogP contribution in [-0.2, 0) is 4.79 Å². The summed E-state index contributed by atoms with van der Waals surface area (Å²) in [7, 11) is 0. The minimum atomic E-state index is -0.991. The van der Waals surface area contributed by atoms with E-state index < -0.39 is 17.9 Å². The van der Waals surface area contributed by atoms with Gasteiger partial charge < -0.3 is 15.4 Å². The van der Waals surface area contributed by atoms with Gasteiger partial charge in [-0.3, -0.25) is 9.59 Å². The number of H-pyrrole nitrogens is 1. The lowest BCUT2D eigenvalue weighted by atomic mass is 10.0. The number of carbonyl (C=O) groups is 2. The van der Waals surface area contributed by atoms with Gasteiger partial charge in [0.1, 0.15) is 17.2 Å². The number of aryl methyl sites for hydroxylation is 1. The molecule has 0 saturated heterocycles. The normalized spacial score (nSPS) is 12.0. The molecule has 2 heterocycles. The van der Waals surface area contributed by atoms with Gasteiger partial charge in [-0.05, 0) is 18.6 Å². The predicted octanol–water partition coefficient (Wildman–Crippen LogP) is 2.21. The van der Waals surface area contributed by atoms with Crippen molar-refractivity contribution in [2.24, 2.45) is 0 Å². The molecule has 0 aliphatic heterocycles. The van der Waals surface area contributed by atoms with Gasteiger partial charge in [-0.2, -0.15) is 0 Å². The molecule has 0 saturated carbocycles. The lowest BCUT2D eigenvalue weighted by Crippen LogP contribution is -2.31. The SMILES string of the molecule is Cc1nc(C(=O)N[C@@H](CC(=O)O)c2ccccc2)c2cc[nH]c2n1. The molecule has 0 aliphatic carbocycles. The van der Waals surface area contributed by atoms with Crippen LogP contribution in [0.25, 0.3) is 11.0 Å². The number of fused-ring (bicyclic) bond motifs is 1. The molecule has 0 fully saturated rings. The molecule has 0 bridgehead atoms. The molecule has 3 N–H and O–H groups in total. The monoisotopic (exact) mass is 324 g/mol. The molecule has 122 valence electrons. The largest absolute Gasteiger partial charge is 0.481 e. The molecule has 7 heteroatoms. The summed E-state index contributed by atoms with van der Waals surface area (Å²) in [5.41, 5.74) is 1.52. The van der Waals surface area contributed by atoms with Gasteiger partial charge in [-0.1, -0.05) is 30.3 Å². The summed E-state index contributed by atoms with van der Waals surface area (Å²) in [5, 5.41) is 12.5. The summed E-state index contributed by atoms with van der Waals surface area (Å²) < 4.78 is 0. The highest BCUT2D eigenvalue weighted by atomic mass is 16.4. The Morgan fingerprint density at radius 1 is 1.21 bits per heavy atom. The van der Waals surface area contributed by atoms with Crippen molar-refractivity contribution in [2.75, 3.05) is 0 Å². The molecule has 3 aromatic rings. The molecule has 0 unspecified atom stereocenters. The van der Waals surface area contributed by atoms with Gasteiger partial charge in [0.2, 0.25) is 0 Å². The van der Waals surface area contributed by atoms with Gasteiger partial charge in [0.15, 0.2) is 0 Å². The molecule has 7 nitrogen and oxygen atoms in total. The average Bonchev–Trinajstić information content (AvgIpc) is 3.02. The smallest absolute Gasteiger partial charge is 0.305 e. The Balaban J connectivity index is 1.93. The zero-order chi connectivity index (χ0) is 17.1. The van der Waals surface area contributed by atoms with Crippen LogP contribution in [0.1, 0.15) is 34.3 Å². The number of nitrogens with zero attached hydrogens (tertiary/aromatic N) is 2. The van der Waals surface area contributed by atoms with E-state index in [-0.39, 0.29) is 12.1 Å². The second-order valence-corrected chi connectivity index (χ2v) is 5.39. The molecule has 24 heavy (non-hydrogen) atoms. The number of nitrogens with one attached hydrogen (secondary N) is 2. The van der Waals surface area contributed by atoms with Crippen LogP contribution in [-0.4, -0.2) is 31.9 Å². The summed E-state index contributed by atoms with van der Waals surface area (Å²) in [5.74, 6) is -0.959. The molecule has 1 aromatic carbocycles. The average molecular weight is 324 g/mol. The lowest BCUT2D eigenvalue weighted by Gasteiger charge is -2.17. The zero-order valence-corrected chi connectivity index (χ0v) is 13.0. The van der Waals surface area contributed by atoms with Crippen molar-refractivity contribution >= 4 is 22.9 Å². The number of amides is 1. The maximum absolute atomic E-state index is 12.7. The highest BCUT2D eigenvalue weighted by molar-refractivity contribution is 6.03. The van der Waals surface area contributed by atoms with E-state index in [9.17, 15) is 9.59 Å². The van der Waals surface area contributed by atoms with E-state index in [4.69, 9.17) is 5.11 Å². The first-order valence-electron chi connectivity index (χ1n) is 7.44. The van der Waals surface area contributed by atoms with Crippen molar-refractivity contribution in [3.05, 3.63) is 59.7 Å². The number of hydrogen-bond donors (Lipinski definition) is 3. The Morgan fingerprint density at radius 2 is 1.96 bits per heavy atom. The number of carbonyl (C=O) groups excluding carboxylic acids is 1. The Morgan fingerprint density at radius 3 is 2.67 bits per heavy atom. The summed E-state index contributed by atoms with van der Waals surface area (Å²) in [6.07, 6.45) is 1.47. The number of hydrogen-bond acceptors (Lipinski definition) is 4. The number of benzene rings is 1. The Hall–Kier alpha value is -3.22. The minimum Gasteiger partial charge on any atom is -0.481 e. The van der Waals surface area contributed by atoms with Crippen molar-refractivity contribution in [2.45, 2.75) is 19.4 Å². The van der Waals surface area contributed by atoms with E-state index in [1.54, 1.807) is 43.5 Å². The number of aromatic nitrogens is 3. The molecule has 2 aromatic heterocycles. The third-order valence-electron chi connectivity index (χ3n) is 3.63. The summed E-state index contributed by atoms with van der Waals surface area (Å²) in [4.78, 5) is 35.2. The maximum Gasteiger partial charge on any atom is 0.305 e. The van der Waals surface area contributed by atoms with Crippen LogP contribution in [0.4, 0.5) is 0 Å². The highest BCUT2D eigenvalue weighted by Gasteiger charge is 2.21. The van der Waals surface area contributed by atoms with Crippen molar-refractivity contribution in [3.63, 3.8) is 0 Å². The summed E-state index contributed by atoms with van der Waals surface area (Å²) in [6.45, 7) is 1.70. The van der Waals surface area contributed by atoms with E-state index in [1.807, 2.05) is 6.07 Å². The van der Waals surface area contributed by atoms with Gasteiger partial charge in [-0.25, -0.2) is 9.97 Å². The molecule has 0 aliphatic rings. The molecule has 3 rings (SSSR count). The summed E-state index contributed by atoms with van der Waals surface area (Å²) in [6, 6.07) is 10.1. The van der Waals surface area contributed by atoms with Crippen molar-refractivity contribution < 1.29 is 14.7 Å². The third-order valence-corrected chi connectivity index (χ3v) is 3.63. The van der Waals surface area contributed by atoms with Gasteiger partial charge >= 0.3 is 5.97 Å². The maximum atomic E-state index is 12.7. The van der Waals surface area contributed by atoms with Crippen LogP contribution in [0.5, 0.6) is 0 Å². The van der Waals surface area contributed by atoms with Crippen LogP contribution in [0, 0.1) is 6.92 Å². The number of rotatable bonds is 5. The van der Waals surface area contributed by atoms with Crippen LogP contribution in [0.3, 0.4) is 0 Å². The van der Waals surface area contributed by atoms with Gasteiger partial charge in [0.05, 0.1) is 17.8 Å². The highest BCUT2D eigenvalue weighted by Crippen LogP contribution is 2.19. The first-order valence-corrected chi connectivity index (χ1v) is 7.44. The molecule has 0 spiro atoms. The molecular weight excluding hydrogens is 308 g/mol. The Bertz CT molecular complexity index is 889. The molecule has 1 atom stereocenters. The van der Waals surface area contributed by atoms with Crippen molar-refractivity contribution in [1.82, 2.24) is 20.3 Å². The fourth-order valence-electron chi connectivity index (χ4n) is 2.56. The first kappa shape index (κ1) is 15.7.